The van der Waals surface area contributed by atoms with E-state index in [1.54, 1.807) is 0 Å². The van der Waals surface area contributed by atoms with Crippen molar-refractivity contribution in [2.75, 3.05) is 4.90 Å². The fourth-order valence-corrected chi connectivity index (χ4v) is 19.2. The molecule has 64 heavy (non-hydrogen) atoms. The van der Waals surface area contributed by atoms with Crippen molar-refractivity contribution < 1.29 is 0 Å². The summed E-state index contributed by atoms with van der Waals surface area (Å²) in [5.74, 6) is 0. The monoisotopic (exact) mass is 886 g/mol. The van der Waals surface area contributed by atoms with Crippen molar-refractivity contribution >= 4 is 61.4 Å². The molecule has 0 fully saturated rings. The second-order valence-electron chi connectivity index (χ2n) is 16.4. The third-order valence-electron chi connectivity index (χ3n) is 12.4. The first-order chi connectivity index (χ1) is 31.4. The summed E-state index contributed by atoms with van der Waals surface area (Å²) in [5.41, 5.74) is 10.3. The topological polar surface area (TPSA) is 8.17 Å². The van der Waals surface area contributed by atoms with Gasteiger partial charge in [-0.05, 0) is 36.2 Å². The minimum absolute atomic E-state index is 0.911. The first kappa shape index (κ1) is 41.9. The van der Waals surface area contributed by atoms with Crippen molar-refractivity contribution in [2.24, 2.45) is 0 Å². The van der Waals surface area contributed by atoms with Crippen LogP contribution >= 0.6 is 0 Å². The van der Waals surface area contributed by atoms with E-state index >= 15 is 0 Å². The molecule has 0 unspecified atom stereocenters. The van der Waals surface area contributed by atoms with E-state index in [1.165, 1.54) is 45.4 Å². The van der Waals surface area contributed by atoms with Crippen LogP contribution in [0.2, 0.25) is 0 Å². The number of hydrogen-bond donors (Lipinski definition) is 0. The van der Waals surface area contributed by atoms with E-state index < -0.39 is 13.3 Å². The summed E-state index contributed by atoms with van der Waals surface area (Å²) in [6.45, 7) is 15.6. The SMILES string of the molecule is C=CCC[C](=C)[Ge]([c]1ccccc1)([c]1ccccc1)[c]1ccc(-c2ccc(N(/C=C/C=c3\c(=C)c4ccccc4n3-c3ccc(-c4ccccc4)cc3)c3ccc(C)cc3)cc2)cc1. The van der Waals surface area contributed by atoms with Gasteiger partial charge in [-0.2, -0.15) is 0 Å². The van der Waals surface area contributed by atoms with Crippen molar-refractivity contribution in [1.29, 1.82) is 0 Å². The van der Waals surface area contributed by atoms with Gasteiger partial charge in [0, 0.05) is 16.3 Å². The Kier molecular flexibility index (Phi) is 12.4. The summed E-state index contributed by atoms with van der Waals surface area (Å²) in [6.07, 6.45) is 10.3. The molecule has 1 heterocycles. The molecule has 310 valence electrons. The summed E-state index contributed by atoms with van der Waals surface area (Å²) < 4.78 is 7.82. The normalized spacial score (nSPS) is 11.9. The van der Waals surface area contributed by atoms with E-state index in [9.17, 15) is 0 Å². The molecule has 0 amide bonds. The van der Waals surface area contributed by atoms with Gasteiger partial charge in [-0.25, -0.2) is 0 Å². The summed E-state index contributed by atoms with van der Waals surface area (Å²) in [6, 6.07) is 77.0. The number of rotatable bonds is 14. The van der Waals surface area contributed by atoms with Crippen LogP contribution in [0.25, 0.3) is 51.5 Å². The van der Waals surface area contributed by atoms with Gasteiger partial charge in [-0.3, -0.25) is 0 Å². The number of allylic oxidation sites excluding steroid dienone is 3. The van der Waals surface area contributed by atoms with Gasteiger partial charge in [-0.15, -0.1) is 0 Å². The summed E-state index contributed by atoms with van der Waals surface area (Å²) in [4.78, 5) is 2.25. The van der Waals surface area contributed by atoms with E-state index in [0.29, 0.717) is 0 Å². The fraction of sp³-hybridized carbons (Fsp3) is 0.0492. The van der Waals surface area contributed by atoms with E-state index in [0.717, 1.165) is 51.4 Å². The van der Waals surface area contributed by atoms with Gasteiger partial charge >= 0.3 is 242 Å². The van der Waals surface area contributed by atoms with E-state index in [-0.39, 0.29) is 0 Å². The number of nitrogens with zero attached hydrogens (tertiary/aromatic N) is 2. The second-order valence-corrected chi connectivity index (χ2v) is 24.6. The van der Waals surface area contributed by atoms with Gasteiger partial charge in [0.15, 0.2) is 0 Å². The van der Waals surface area contributed by atoms with E-state index in [4.69, 9.17) is 6.58 Å². The average Bonchev–Trinajstić information content (AvgIpc) is 3.64. The summed E-state index contributed by atoms with van der Waals surface area (Å²) in [5, 5.41) is 3.18. The molecule has 0 aliphatic heterocycles. The van der Waals surface area contributed by atoms with Gasteiger partial charge in [0.1, 0.15) is 0 Å². The zero-order chi connectivity index (χ0) is 43.9. The molecule has 0 N–H and O–H groups in total. The molecule has 2 nitrogen and oxygen atoms in total. The third kappa shape index (κ3) is 8.29. The van der Waals surface area contributed by atoms with Gasteiger partial charge in [0.2, 0.25) is 0 Å². The van der Waals surface area contributed by atoms with Gasteiger partial charge in [-0.1, -0.05) is 72.8 Å². The Morgan fingerprint density at radius 1 is 0.547 bits per heavy atom. The molecule has 9 rings (SSSR count). The average molecular weight is 886 g/mol. The van der Waals surface area contributed by atoms with Crippen molar-refractivity contribution in [3.05, 3.63) is 264 Å². The van der Waals surface area contributed by atoms with Crippen LogP contribution in [0.4, 0.5) is 11.4 Å². The molecule has 0 aliphatic rings. The van der Waals surface area contributed by atoms with Crippen LogP contribution in [0.1, 0.15) is 18.4 Å². The van der Waals surface area contributed by atoms with Crippen LogP contribution in [0, 0.1) is 6.92 Å². The minimum atomic E-state index is -3.34. The number of anilines is 2. The van der Waals surface area contributed by atoms with Crippen molar-refractivity contribution in [3.63, 3.8) is 0 Å². The maximum atomic E-state index is 4.83. The predicted molar refractivity (Wildman–Crippen MR) is 278 cm³/mol. The Hall–Kier alpha value is -7.40. The number of para-hydroxylation sites is 1. The standard InChI is InChI=1S/C61H52GeN2/c1-5-6-19-47(3)62(53-22-12-8-13-23-53,54-24-14-9-15-25-54)55-37-31-50(32-38-55)52-33-41-57(42-34-52)63(56-39-29-46(2)30-40-56)45-18-28-60-48(4)59-26-16-17-27-61(59)64(60)58-43-35-51(36-44-58)49-20-10-7-11-21-49/h5,7-18,20-45H,1,3-4,6,19H2,2H3/b45-18+,60-28+. The quantitative estimate of drug-likeness (QED) is 0.0780. The van der Waals surface area contributed by atoms with Crippen molar-refractivity contribution in [1.82, 2.24) is 4.57 Å². The molecule has 0 spiro atoms. The third-order valence-corrected chi connectivity index (χ3v) is 22.7. The molecule has 3 heteroatoms. The van der Waals surface area contributed by atoms with Gasteiger partial charge in [0.05, 0.1) is 10.9 Å². The Labute approximate surface area is 380 Å². The zero-order valence-corrected chi connectivity index (χ0v) is 38.5. The van der Waals surface area contributed by atoms with Gasteiger partial charge in [0.25, 0.3) is 0 Å². The summed E-state index contributed by atoms with van der Waals surface area (Å²) in [7, 11) is 0. The van der Waals surface area contributed by atoms with Crippen LogP contribution in [0.15, 0.2) is 248 Å². The van der Waals surface area contributed by atoms with E-state index in [2.05, 4.69) is 260 Å². The molecule has 0 aliphatic carbocycles. The molecular weight excluding hydrogens is 833 g/mol. The van der Waals surface area contributed by atoms with Crippen molar-refractivity contribution in [2.45, 2.75) is 19.8 Å². The Bertz CT molecular complexity index is 3130. The Morgan fingerprint density at radius 2 is 1.02 bits per heavy atom. The first-order valence-electron chi connectivity index (χ1n) is 22.1. The Morgan fingerprint density at radius 3 is 1.59 bits per heavy atom. The van der Waals surface area contributed by atoms with Crippen LogP contribution in [0.5, 0.6) is 0 Å². The molecule has 0 saturated heterocycles. The molecule has 0 atom stereocenters. The molecule has 0 bridgehead atoms. The maximum absolute atomic E-state index is 4.83. The molecule has 0 radical (unpaired) electrons. The van der Waals surface area contributed by atoms with Crippen LogP contribution in [-0.4, -0.2) is 17.8 Å². The molecular formula is C61H52GeN2. The van der Waals surface area contributed by atoms with Crippen LogP contribution in [0.3, 0.4) is 0 Å². The Balaban J connectivity index is 1.06. The number of aryl methyl sites for hydroxylation is 1. The molecule has 1 aromatic heterocycles. The molecule has 0 saturated carbocycles. The predicted octanol–water partition coefficient (Wildman–Crippen LogP) is 12.3. The number of benzene rings is 8. The van der Waals surface area contributed by atoms with Crippen molar-refractivity contribution in [3.8, 4) is 27.9 Å². The van der Waals surface area contributed by atoms with Crippen LogP contribution < -0.4 is 28.7 Å². The number of hydrogen-bond acceptors (Lipinski definition) is 1. The fourth-order valence-electron chi connectivity index (χ4n) is 9.14. The number of fused-ring (bicyclic) bond motifs is 1. The van der Waals surface area contributed by atoms with Gasteiger partial charge < -0.3 is 4.57 Å². The first-order valence-corrected chi connectivity index (χ1v) is 26.2. The number of aromatic nitrogens is 1. The van der Waals surface area contributed by atoms with Crippen LogP contribution in [-0.2, 0) is 0 Å². The molecule has 9 aromatic rings. The molecule has 8 aromatic carbocycles. The summed E-state index contributed by atoms with van der Waals surface area (Å²) >= 11 is -3.34. The second kappa shape index (κ2) is 18.9. The van der Waals surface area contributed by atoms with E-state index in [1.807, 2.05) is 6.08 Å². The zero-order valence-electron chi connectivity index (χ0n) is 36.4.